The standard InChI is InChI=1S/C28H36N6O/c35-28(33-25-14-18-29-19-15-25)26-8-4-9-27(34-26)32-21-23-12-10-22(11-13-23)20-30-16-5-17-31-24-6-2-1-3-7-24/h4,8-15,18-19,24,30-31H,1-3,5-7,16-17,20-21H2,(H,32,34)(H,29,33,35). The van der Waals surface area contributed by atoms with Crippen LogP contribution < -0.4 is 21.3 Å². The summed E-state index contributed by atoms with van der Waals surface area (Å²) in [5, 5.41) is 13.4. The van der Waals surface area contributed by atoms with Gasteiger partial charge in [0, 0.05) is 37.2 Å². The number of hydrogen-bond donors (Lipinski definition) is 4. The number of amides is 1. The smallest absolute Gasteiger partial charge is 0.274 e. The van der Waals surface area contributed by atoms with Gasteiger partial charge in [-0.2, -0.15) is 0 Å². The SMILES string of the molecule is O=C(Nc1ccncc1)c1cccc(NCc2ccc(CNCCCNC3CCCCC3)cc2)n1. The van der Waals surface area contributed by atoms with Crippen molar-refractivity contribution < 1.29 is 4.79 Å². The van der Waals surface area contributed by atoms with Gasteiger partial charge in [-0.3, -0.25) is 9.78 Å². The first-order valence-electron chi connectivity index (χ1n) is 12.7. The number of nitrogens with one attached hydrogen (secondary N) is 4. The predicted molar refractivity (Wildman–Crippen MR) is 141 cm³/mol. The molecule has 1 saturated carbocycles. The fraction of sp³-hybridized carbons (Fsp3) is 0.393. The van der Waals surface area contributed by atoms with Crippen LogP contribution in [-0.4, -0.2) is 35.0 Å². The van der Waals surface area contributed by atoms with Crippen LogP contribution in [0.15, 0.2) is 67.0 Å². The normalized spacial score (nSPS) is 13.9. The van der Waals surface area contributed by atoms with Gasteiger partial charge in [-0.1, -0.05) is 49.6 Å². The van der Waals surface area contributed by atoms with Gasteiger partial charge in [-0.15, -0.1) is 0 Å². The zero-order valence-corrected chi connectivity index (χ0v) is 20.3. The summed E-state index contributed by atoms with van der Waals surface area (Å²) in [4.78, 5) is 20.9. The van der Waals surface area contributed by atoms with Crippen LogP contribution in [0.25, 0.3) is 0 Å². The van der Waals surface area contributed by atoms with E-state index in [-0.39, 0.29) is 5.91 Å². The highest BCUT2D eigenvalue weighted by atomic mass is 16.1. The number of nitrogens with zero attached hydrogens (tertiary/aromatic N) is 2. The maximum absolute atomic E-state index is 12.5. The van der Waals surface area contributed by atoms with E-state index < -0.39 is 0 Å². The average Bonchev–Trinajstić information content (AvgIpc) is 2.91. The minimum Gasteiger partial charge on any atom is -0.366 e. The van der Waals surface area contributed by atoms with Crippen LogP contribution in [0.4, 0.5) is 11.5 Å². The van der Waals surface area contributed by atoms with Gasteiger partial charge in [0.1, 0.15) is 11.5 Å². The predicted octanol–water partition coefficient (Wildman–Crippen LogP) is 4.74. The second-order valence-corrected chi connectivity index (χ2v) is 9.09. The summed E-state index contributed by atoms with van der Waals surface area (Å²) in [7, 11) is 0. The van der Waals surface area contributed by atoms with Gasteiger partial charge in [-0.25, -0.2) is 4.98 Å². The van der Waals surface area contributed by atoms with E-state index >= 15 is 0 Å². The van der Waals surface area contributed by atoms with E-state index in [1.165, 1.54) is 43.2 Å². The molecule has 0 aliphatic heterocycles. The van der Waals surface area contributed by atoms with E-state index in [0.29, 0.717) is 23.7 Å². The molecule has 7 nitrogen and oxygen atoms in total. The van der Waals surface area contributed by atoms with E-state index in [0.717, 1.165) is 32.1 Å². The van der Waals surface area contributed by atoms with Crippen molar-refractivity contribution in [1.82, 2.24) is 20.6 Å². The first kappa shape index (κ1) is 24.8. The Balaban J connectivity index is 1.15. The van der Waals surface area contributed by atoms with Gasteiger partial charge in [0.05, 0.1) is 0 Å². The first-order chi connectivity index (χ1) is 17.3. The monoisotopic (exact) mass is 472 g/mol. The van der Waals surface area contributed by atoms with Crippen LogP contribution in [-0.2, 0) is 13.1 Å². The van der Waals surface area contributed by atoms with Crippen molar-refractivity contribution in [2.45, 2.75) is 57.7 Å². The van der Waals surface area contributed by atoms with E-state index in [9.17, 15) is 4.79 Å². The lowest BCUT2D eigenvalue weighted by atomic mass is 9.95. The Morgan fingerprint density at radius 3 is 2.37 bits per heavy atom. The van der Waals surface area contributed by atoms with Crippen LogP contribution in [0, 0.1) is 0 Å². The lowest BCUT2D eigenvalue weighted by Crippen LogP contribution is -2.33. The molecule has 0 unspecified atom stereocenters. The molecule has 2 aromatic heterocycles. The molecule has 4 rings (SSSR count). The van der Waals surface area contributed by atoms with Gasteiger partial charge in [0.15, 0.2) is 0 Å². The summed E-state index contributed by atoms with van der Waals surface area (Å²) in [5.74, 6) is 0.418. The summed E-state index contributed by atoms with van der Waals surface area (Å²) in [5.41, 5.74) is 3.50. The van der Waals surface area contributed by atoms with Gasteiger partial charge in [0.2, 0.25) is 0 Å². The second-order valence-electron chi connectivity index (χ2n) is 9.09. The van der Waals surface area contributed by atoms with Crippen LogP contribution >= 0.6 is 0 Å². The molecular formula is C28H36N6O. The van der Waals surface area contributed by atoms with Gasteiger partial charge >= 0.3 is 0 Å². The Bertz CT molecular complexity index is 1030. The van der Waals surface area contributed by atoms with Gasteiger partial charge in [0.25, 0.3) is 5.91 Å². The summed E-state index contributed by atoms with van der Waals surface area (Å²) in [6, 6.07) is 18.2. The fourth-order valence-electron chi connectivity index (χ4n) is 4.32. The van der Waals surface area contributed by atoms with E-state index in [1.54, 1.807) is 30.6 Å². The highest BCUT2D eigenvalue weighted by Crippen LogP contribution is 2.17. The molecule has 0 saturated heterocycles. The number of benzene rings is 1. The molecule has 184 valence electrons. The molecule has 1 aliphatic carbocycles. The summed E-state index contributed by atoms with van der Waals surface area (Å²) in [6.07, 6.45) is 11.3. The van der Waals surface area contributed by atoms with Crippen molar-refractivity contribution in [2.24, 2.45) is 0 Å². The molecule has 3 aromatic rings. The molecule has 4 N–H and O–H groups in total. The van der Waals surface area contributed by atoms with E-state index in [2.05, 4.69) is 55.5 Å². The number of pyridine rings is 2. The quantitative estimate of drug-likeness (QED) is 0.285. The second kappa shape index (κ2) is 13.6. The zero-order chi connectivity index (χ0) is 24.1. The Labute approximate surface area is 208 Å². The maximum atomic E-state index is 12.5. The fourth-order valence-corrected chi connectivity index (χ4v) is 4.32. The van der Waals surface area contributed by atoms with Crippen LogP contribution in [0.1, 0.15) is 60.1 Å². The van der Waals surface area contributed by atoms with E-state index in [4.69, 9.17) is 0 Å². The number of rotatable bonds is 12. The summed E-state index contributed by atoms with van der Waals surface area (Å²) in [6.45, 7) is 3.65. The molecule has 1 fully saturated rings. The van der Waals surface area contributed by atoms with Crippen LogP contribution in [0.3, 0.4) is 0 Å². The highest BCUT2D eigenvalue weighted by molar-refractivity contribution is 6.03. The van der Waals surface area contributed by atoms with Gasteiger partial charge < -0.3 is 21.3 Å². The van der Waals surface area contributed by atoms with E-state index in [1.807, 2.05) is 12.1 Å². The molecule has 2 heterocycles. The number of carbonyl (C=O) groups excluding carboxylic acids is 1. The number of aromatic nitrogens is 2. The minimum absolute atomic E-state index is 0.249. The minimum atomic E-state index is -0.249. The molecule has 1 amide bonds. The number of hydrogen-bond acceptors (Lipinski definition) is 6. The Morgan fingerprint density at radius 1 is 0.857 bits per heavy atom. The van der Waals surface area contributed by atoms with Crippen LogP contribution in [0.2, 0.25) is 0 Å². The first-order valence-corrected chi connectivity index (χ1v) is 12.7. The Hall–Kier alpha value is -3.29. The average molecular weight is 473 g/mol. The molecule has 35 heavy (non-hydrogen) atoms. The molecule has 0 radical (unpaired) electrons. The maximum Gasteiger partial charge on any atom is 0.274 e. The molecule has 0 atom stereocenters. The molecule has 0 bridgehead atoms. The Kier molecular flexibility index (Phi) is 9.62. The lowest BCUT2D eigenvalue weighted by molar-refractivity contribution is 0.102. The zero-order valence-electron chi connectivity index (χ0n) is 20.3. The number of anilines is 2. The van der Waals surface area contributed by atoms with Crippen molar-refractivity contribution >= 4 is 17.4 Å². The van der Waals surface area contributed by atoms with Crippen molar-refractivity contribution in [1.29, 1.82) is 0 Å². The Morgan fingerprint density at radius 2 is 1.60 bits per heavy atom. The highest BCUT2D eigenvalue weighted by Gasteiger charge is 2.11. The summed E-state index contributed by atoms with van der Waals surface area (Å²) >= 11 is 0. The molecular weight excluding hydrogens is 436 g/mol. The third kappa shape index (κ3) is 8.46. The number of carbonyl (C=O) groups is 1. The molecule has 1 aromatic carbocycles. The van der Waals surface area contributed by atoms with Crippen molar-refractivity contribution in [3.05, 3.63) is 83.8 Å². The topological polar surface area (TPSA) is 91.0 Å². The van der Waals surface area contributed by atoms with Crippen molar-refractivity contribution in [3.63, 3.8) is 0 Å². The lowest BCUT2D eigenvalue weighted by Gasteiger charge is -2.22. The third-order valence-electron chi connectivity index (χ3n) is 6.31. The molecule has 0 spiro atoms. The molecule has 7 heteroatoms. The summed E-state index contributed by atoms with van der Waals surface area (Å²) < 4.78 is 0. The van der Waals surface area contributed by atoms with Crippen molar-refractivity contribution in [3.8, 4) is 0 Å². The third-order valence-corrected chi connectivity index (χ3v) is 6.31. The van der Waals surface area contributed by atoms with Crippen LogP contribution in [0.5, 0.6) is 0 Å². The molecule has 1 aliphatic rings. The van der Waals surface area contributed by atoms with Crippen molar-refractivity contribution in [2.75, 3.05) is 23.7 Å². The van der Waals surface area contributed by atoms with Gasteiger partial charge in [-0.05, 0) is 67.7 Å². The largest absolute Gasteiger partial charge is 0.366 e.